The van der Waals surface area contributed by atoms with E-state index in [1.165, 1.54) is 12.8 Å². The van der Waals surface area contributed by atoms with Gasteiger partial charge in [-0.2, -0.15) is 0 Å². The zero-order valence-electron chi connectivity index (χ0n) is 13.7. The number of morpholine rings is 1. The Hall–Kier alpha value is -1.55. The lowest BCUT2D eigenvalue weighted by Crippen LogP contribution is -2.45. The van der Waals surface area contributed by atoms with Crippen LogP contribution in [0.1, 0.15) is 42.1 Å². The third-order valence-electron chi connectivity index (χ3n) is 4.71. The molecule has 0 aromatic heterocycles. The monoisotopic (exact) mass is 302 g/mol. The molecule has 4 nitrogen and oxygen atoms in total. The van der Waals surface area contributed by atoms with Crippen LogP contribution in [0.2, 0.25) is 0 Å². The molecular weight excluding hydrogens is 276 g/mol. The molecule has 2 aliphatic heterocycles. The molecule has 0 N–H and O–H groups in total. The minimum atomic E-state index is 0.160. The summed E-state index contributed by atoms with van der Waals surface area (Å²) in [4.78, 5) is 17.4. The maximum atomic E-state index is 13.0. The van der Waals surface area contributed by atoms with Gasteiger partial charge in [0.25, 0.3) is 5.91 Å². The summed E-state index contributed by atoms with van der Waals surface area (Å²) in [5.74, 6) is 0.160. The average molecular weight is 302 g/mol. The number of amides is 1. The van der Waals surface area contributed by atoms with Crippen LogP contribution in [0.3, 0.4) is 0 Å². The van der Waals surface area contributed by atoms with Gasteiger partial charge in [0.2, 0.25) is 0 Å². The molecule has 1 amide bonds. The van der Waals surface area contributed by atoms with Gasteiger partial charge in [0, 0.05) is 31.9 Å². The molecule has 0 aliphatic carbocycles. The Bertz CT molecular complexity index is 538. The Morgan fingerprint density at radius 3 is 2.77 bits per heavy atom. The van der Waals surface area contributed by atoms with Gasteiger partial charge in [-0.3, -0.25) is 4.79 Å². The largest absolute Gasteiger partial charge is 0.375 e. The molecule has 0 unspecified atom stereocenters. The number of hydrogen-bond donors (Lipinski definition) is 0. The SMILES string of the molecule is CC[C@H]1CN(C(=O)c2cc(C)ccc2N2CCCC2)CCO1. The fourth-order valence-corrected chi connectivity index (χ4v) is 3.38. The second kappa shape index (κ2) is 6.69. The summed E-state index contributed by atoms with van der Waals surface area (Å²) in [6, 6.07) is 6.27. The van der Waals surface area contributed by atoms with E-state index in [0.29, 0.717) is 19.7 Å². The van der Waals surface area contributed by atoms with Crippen molar-refractivity contribution in [1.82, 2.24) is 4.90 Å². The Morgan fingerprint density at radius 2 is 2.05 bits per heavy atom. The van der Waals surface area contributed by atoms with E-state index < -0.39 is 0 Å². The van der Waals surface area contributed by atoms with Gasteiger partial charge < -0.3 is 14.5 Å². The van der Waals surface area contributed by atoms with E-state index in [-0.39, 0.29) is 12.0 Å². The second-order valence-electron chi connectivity index (χ2n) is 6.37. The van der Waals surface area contributed by atoms with Crippen LogP contribution in [0.5, 0.6) is 0 Å². The van der Waals surface area contributed by atoms with Gasteiger partial charge in [-0.1, -0.05) is 18.6 Å². The third kappa shape index (κ3) is 3.12. The summed E-state index contributed by atoms with van der Waals surface area (Å²) in [5, 5.41) is 0. The molecule has 4 heteroatoms. The Kier molecular flexibility index (Phi) is 4.67. The summed E-state index contributed by atoms with van der Waals surface area (Å²) >= 11 is 0. The Labute approximate surface area is 133 Å². The second-order valence-corrected chi connectivity index (χ2v) is 6.37. The number of benzene rings is 1. The van der Waals surface area contributed by atoms with E-state index in [1.807, 2.05) is 11.0 Å². The maximum Gasteiger partial charge on any atom is 0.256 e. The van der Waals surface area contributed by atoms with E-state index >= 15 is 0 Å². The summed E-state index contributed by atoms with van der Waals surface area (Å²) < 4.78 is 5.69. The highest BCUT2D eigenvalue weighted by molar-refractivity contribution is 6.00. The molecule has 0 saturated carbocycles. The standard InChI is InChI=1S/C18H26N2O2/c1-3-15-13-20(10-11-22-15)18(21)16-12-14(2)6-7-17(16)19-8-4-5-9-19/h6-7,12,15H,3-5,8-11,13H2,1-2H3/t15-/m0/s1. The first-order valence-electron chi connectivity index (χ1n) is 8.45. The van der Waals surface area contributed by atoms with Crippen molar-refractivity contribution < 1.29 is 9.53 Å². The van der Waals surface area contributed by atoms with Gasteiger partial charge >= 0.3 is 0 Å². The normalized spacial score (nSPS) is 22.2. The van der Waals surface area contributed by atoms with Gasteiger partial charge in [0.15, 0.2) is 0 Å². The average Bonchev–Trinajstić information content (AvgIpc) is 3.08. The highest BCUT2D eigenvalue weighted by Gasteiger charge is 2.27. The van der Waals surface area contributed by atoms with Crippen molar-refractivity contribution in [1.29, 1.82) is 0 Å². The van der Waals surface area contributed by atoms with Crippen LogP contribution >= 0.6 is 0 Å². The quantitative estimate of drug-likeness (QED) is 0.861. The number of ether oxygens (including phenoxy) is 1. The minimum Gasteiger partial charge on any atom is -0.375 e. The van der Waals surface area contributed by atoms with Crippen molar-refractivity contribution in [3.63, 3.8) is 0 Å². The van der Waals surface area contributed by atoms with Crippen molar-refractivity contribution in [2.24, 2.45) is 0 Å². The lowest BCUT2D eigenvalue weighted by molar-refractivity contribution is -0.0226. The molecule has 0 bridgehead atoms. The van der Waals surface area contributed by atoms with Gasteiger partial charge in [-0.25, -0.2) is 0 Å². The van der Waals surface area contributed by atoms with Crippen LogP contribution in [0.15, 0.2) is 18.2 Å². The number of nitrogens with zero attached hydrogens (tertiary/aromatic N) is 2. The minimum absolute atomic E-state index is 0.160. The zero-order chi connectivity index (χ0) is 15.5. The number of anilines is 1. The molecule has 2 heterocycles. The van der Waals surface area contributed by atoms with Crippen LogP contribution in [-0.4, -0.2) is 49.7 Å². The van der Waals surface area contributed by atoms with Crippen molar-refractivity contribution in [3.8, 4) is 0 Å². The number of aryl methyl sites for hydroxylation is 1. The lowest BCUT2D eigenvalue weighted by Gasteiger charge is -2.33. The van der Waals surface area contributed by atoms with Crippen molar-refractivity contribution in [2.75, 3.05) is 37.7 Å². The van der Waals surface area contributed by atoms with Crippen molar-refractivity contribution in [2.45, 2.75) is 39.2 Å². The molecule has 2 fully saturated rings. The lowest BCUT2D eigenvalue weighted by atomic mass is 10.1. The molecule has 1 aromatic carbocycles. The summed E-state index contributed by atoms with van der Waals surface area (Å²) in [7, 11) is 0. The van der Waals surface area contributed by atoms with Crippen molar-refractivity contribution >= 4 is 11.6 Å². The van der Waals surface area contributed by atoms with Gasteiger partial charge in [0.1, 0.15) is 0 Å². The highest BCUT2D eigenvalue weighted by Crippen LogP contribution is 2.27. The fraction of sp³-hybridized carbons (Fsp3) is 0.611. The smallest absolute Gasteiger partial charge is 0.256 e. The molecule has 2 aliphatic rings. The van der Waals surface area contributed by atoms with E-state index in [2.05, 4.69) is 30.9 Å². The number of rotatable bonds is 3. The first kappa shape index (κ1) is 15.3. The maximum absolute atomic E-state index is 13.0. The highest BCUT2D eigenvalue weighted by atomic mass is 16.5. The predicted octanol–water partition coefficient (Wildman–Crippen LogP) is 2.85. The van der Waals surface area contributed by atoms with Crippen LogP contribution in [0, 0.1) is 6.92 Å². The number of carbonyl (C=O) groups is 1. The molecule has 22 heavy (non-hydrogen) atoms. The fourth-order valence-electron chi connectivity index (χ4n) is 3.38. The van der Waals surface area contributed by atoms with Crippen LogP contribution < -0.4 is 4.90 Å². The molecule has 2 saturated heterocycles. The summed E-state index contributed by atoms with van der Waals surface area (Å²) in [6.45, 7) is 8.34. The molecule has 0 spiro atoms. The summed E-state index contributed by atoms with van der Waals surface area (Å²) in [5.41, 5.74) is 3.11. The Balaban J connectivity index is 1.85. The molecule has 0 radical (unpaired) electrons. The van der Waals surface area contributed by atoms with Gasteiger partial charge in [-0.05, 0) is 38.3 Å². The summed E-state index contributed by atoms with van der Waals surface area (Å²) in [6.07, 6.45) is 3.57. The number of hydrogen-bond acceptors (Lipinski definition) is 3. The van der Waals surface area contributed by atoms with E-state index in [1.54, 1.807) is 0 Å². The third-order valence-corrected chi connectivity index (χ3v) is 4.71. The Morgan fingerprint density at radius 1 is 1.27 bits per heavy atom. The molecule has 1 aromatic rings. The van der Waals surface area contributed by atoms with Crippen molar-refractivity contribution in [3.05, 3.63) is 29.3 Å². The van der Waals surface area contributed by atoms with Crippen LogP contribution in [-0.2, 0) is 4.74 Å². The first-order valence-corrected chi connectivity index (χ1v) is 8.45. The van der Waals surface area contributed by atoms with Crippen LogP contribution in [0.25, 0.3) is 0 Å². The zero-order valence-corrected chi connectivity index (χ0v) is 13.7. The number of carbonyl (C=O) groups excluding carboxylic acids is 1. The van der Waals surface area contributed by atoms with Gasteiger partial charge in [0.05, 0.1) is 18.3 Å². The topological polar surface area (TPSA) is 32.8 Å². The predicted molar refractivity (Wildman–Crippen MR) is 88.6 cm³/mol. The molecule has 3 rings (SSSR count). The molecule has 1 atom stereocenters. The molecular formula is C18H26N2O2. The van der Waals surface area contributed by atoms with E-state index in [4.69, 9.17) is 4.74 Å². The van der Waals surface area contributed by atoms with Crippen LogP contribution in [0.4, 0.5) is 5.69 Å². The van der Waals surface area contributed by atoms with Gasteiger partial charge in [-0.15, -0.1) is 0 Å². The van der Waals surface area contributed by atoms with E-state index in [9.17, 15) is 4.79 Å². The molecule has 120 valence electrons. The first-order chi connectivity index (χ1) is 10.7. The van der Waals surface area contributed by atoms with E-state index in [0.717, 1.165) is 36.3 Å².